The molecule has 2 aromatic carbocycles. The molecule has 3 aliphatic rings. The van der Waals surface area contributed by atoms with E-state index < -0.39 is 35.9 Å². The summed E-state index contributed by atoms with van der Waals surface area (Å²) in [6, 6.07) is 7.00. The third-order valence-corrected chi connectivity index (χ3v) is 7.40. The van der Waals surface area contributed by atoms with Crippen LogP contribution in [0.2, 0.25) is 0 Å². The molecule has 2 heterocycles. The van der Waals surface area contributed by atoms with Crippen molar-refractivity contribution >= 4 is 12.1 Å². The van der Waals surface area contributed by atoms with Crippen LogP contribution in [0.4, 0.5) is 4.79 Å². The van der Waals surface area contributed by atoms with Crippen molar-refractivity contribution < 1.29 is 43.1 Å². The molecule has 0 bridgehead atoms. The van der Waals surface area contributed by atoms with Gasteiger partial charge in [0.05, 0.1) is 26.7 Å². The maximum atomic E-state index is 13.2. The molecule has 1 N–H and O–H groups in total. The molecule has 2 aromatic rings. The third-order valence-electron chi connectivity index (χ3n) is 7.40. The summed E-state index contributed by atoms with van der Waals surface area (Å²) < 4.78 is 33.7. The number of fused-ring (bicyclic) bond motifs is 3. The van der Waals surface area contributed by atoms with Gasteiger partial charge < -0.3 is 43.3 Å². The molecule has 11 heteroatoms. The van der Waals surface area contributed by atoms with Crippen molar-refractivity contribution in [3.63, 3.8) is 0 Å². The van der Waals surface area contributed by atoms with Crippen molar-refractivity contribution in [2.24, 2.45) is 11.8 Å². The number of phenolic OH excluding ortho intramolecular Hbond substituents is 1. The molecule has 204 valence electrons. The van der Waals surface area contributed by atoms with Crippen molar-refractivity contribution in [3.05, 3.63) is 41.0 Å². The number of hydrogen-bond acceptors (Lipinski definition) is 10. The Balaban J connectivity index is 1.62. The van der Waals surface area contributed by atoms with Crippen molar-refractivity contribution in [1.82, 2.24) is 9.80 Å². The summed E-state index contributed by atoms with van der Waals surface area (Å²) in [6.07, 6.45) is -1.24. The number of aromatic hydroxyl groups is 1. The van der Waals surface area contributed by atoms with Gasteiger partial charge in [0.25, 0.3) is 0 Å². The van der Waals surface area contributed by atoms with E-state index in [1.54, 1.807) is 19.2 Å². The highest BCUT2D eigenvalue weighted by molar-refractivity contribution is 5.79. The Morgan fingerprint density at radius 1 is 0.974 bits per heavy atom. The van der Waals surface area contributed by atoms with Crippen LogP contribution in [0.3, 0.4) is 0 Å². The number of cyclic esters (lactones) is 1. The van der Waals surface area contributed by atoms with Gasteiger partial charge in [0.1, 0.15) is 6.10 Å². The van der Waals surface area contributed by atoms with E-state index in [9.17, 15) is 14.7 Å². The highest BCUT2D eigenvalue weighted by atomic mass is 16.7. The minimum atomic E-state index is -0.748. The Morgan fingerprint density at radius 2 is 1.61 bits per heavy atom. The Bertz CT molecular complexity index is 1220. The molecule has 0 radical (unpaired) electrons. The van der Waals surface area contributed by atoms with E-state index >= 15 is 0 Å². The van der Waals surface area contributed by atoms with Crippen LogP contribution >= 0.6 is 0 Å². The summed E-state index contributed by atoms with van der Waals surface area (Å²) in [7, 11) is 8.43. The van der Waals surface area contributed by atoms with Gasteiger partial charge in [0.2, 0.25) is 12.5 Å². The minimum Gasteiger partial charge on any atom is -0.502 e. The average Bonchev–Trinajstić information content (AvgIpc) is 3.52. The van der Waals surface area contributed by atoms with Crippen LogP contribution in [0.25, 0.3) is 0 Å². The number of amides is 1. The summed E-state index contributed by atoms with van der Waals surface area (Å²) in [6.45, 7) is 1.31. The maximum absolute atomic E-state index is 13.2. The van der Waals surface area contributed by atoms with Gasteiger partial charge in [-0.25, -0.2) is 4.79 Å². The summed E-state index contributed by atoms with van der Waals surface area (Å²) >= 11 is 0. The average molecular weight is 529 g/mol. The Hall–Kier alpha value is -3.86. The molecule has 5 rings (SSSR count). The number of carbonyl (C=O) groups excluding carboxylic acids is 2. The van der Waals surface area contributed by atoms with Gasteiger partial charge in [-0.2, -0.15) is 0 Å². The number of benzene rings is 2. The highest BCUT2D eigenvalue weighted by Gasteiger charge is 2.54. The summed E-state index contributed by atoms with van der Waals surface area (Å²) in [5.74, 6) is -0.664. The maximum Gasteiger partial charge on any atom is 0.410 e. The van der Waals surface area contributed by atoms with Crippen LogP contribution in [0.5, 0.6) is 28.7 Å². The number of esters is 1. The smallest absolute Gasteiger partial charge is 0.410 e. The second kappa shape index (κ2) is 10.1. The molecule has 1 saturated heterocycles. The van der Waals surface area contributed by atoms with Gasteiger partial charge in [-0.05, 0) is 49.5 Å². The number of phenols is 1. The number of nitrogens with zero attached hydrogens (tertiary/aromatic N) is 2. The standard InChI is InChI=1S/C27H32N2O9/c1-28(2)6-7-29(3)27(32)38-25-16-11-19-18(36-13-37-19)10-15(16)22(23-17(25)12-35-26(23)31)14-8-20(33-4)24(30)21(9-14)34-5/h8-11,17,22-23,25,30H,6-7,12-13H2,1-5H3/t17-,22-,23-,25-/m1/s1. The molecule has 1 amide bonds. The van der Waals surface area contributed by atoms with E-state index in [0.717, 1.165) is 5.56 Å². The molecular formula is C27H32N2O9. The first-order valence-electron chi connectivity index (χ1n) is 12.3. The molecule has 0 unspecified atom stereocenters. The second-order valence-corrected chi connectivity index (χ2v) is 9.93. The summed E-state index contributed by atoms with van der Waals surface area (Å²) in [5.41, 5.74) is 2.12. The quantitative estimate of drug-likeness (QED) is 0.538. The van der Waals surface area contributed by atoms with Crippen molar-refractivity contribution in [3.8, 4) is 28.7 Å². The third kappa shape index (κ3) is 4.40. The van der Waals surface area contributed by atoms with E-state index in [2.05, 4.69) is 0 Å². The normalized spacial score (nSPS) is 22.9. The zero-order chi connectivity index (χ0) is 27.1. The topological polar surface area (TPSA) is 116 Å². The minimum absolute atomic E-state index is 0.0658. The van der Waals surface area contributed by atoms with E-state index in [0.29, 0.717) is 35.7 Å². The fraction of sp³-hybridized carbons (Fsp3) is 0.481. The largest absolute Gasteiger partial charge is 0.502 e. The van der Waals surface area contributed by atoms with Crippen LogP contribution in [0.15, 0.2) is 24.3 Å². The molecule has 0 saturated carbocycles. The summed E-state index contributed by atoms with van der Waals surface area (Å²) in [5, 5.41) is 10.5. The van der Waals surface area contributed by atoms with Gasteiger partial charge in [-0.3, -0.25) is 4.79 Å². The first-order valence-corrected chi connectivity index (χ1v) is 12.3. The van der Waals surface area contributed by atoms with Crippen molar-refractivity contribution in [1.29, 1.82) is 0 Å². The van der Waals surface area contributed by atoms with Gasteiger partial charge in [-0.15, -0.1) is 0 Å². The van der Waals surface area contributed by atoms with E-state index in [-0.39, 0.29) is 30.6 Å². The lowest BCUT2D eigenvalue weighted by atomic mass is 9.66. The molecule has 38 heavy (non-hydrogen) atoms. The molecule has 1 fully saturated rings. The molecule has 0 aromatic heterocycles. The number of carbonyl (C=O) groups is 2. The lowest BCUT2D eigenvalue weighted by Gasteiger charge is -2.39. The number of likely N-dealkylation sites (N-methyl/N-ethyl adjacent to an activating group) is 2. The zero-order valence-electron chi connectivity index (χ0n) is 22.1. The van der Waals surface area contributed by atoms with Crippen LogP contribution in [0, 0.1) is 11.8 Å². The first-order chi connectivity index (χ1) is 18.2. The van der Waals surface area contributed by atoms with Crippen molar-refractivity contribution in [2.45, 2.75) is 12.0 Å². The molecule has 4 atom stereocenters. The van der Waals surface area contributed by atoms with E-state index in [4.69, 9.17) is 28.4 Å². The van der Waals surface area contributed by atoms with Gasteiger partial charge >= 0.3 is 12.1 Å². The number of hydrogen-bond donors (Lipinski definition) is 1. The van der Waals surface area contributed by atoms with Crippen LogP contribution < -0.4 is 18.9 Å². The fourth-order valence-electron chi connectivity index (χ4n) is 5.40. The number of methoxy groups -OCH3 is 2. The zero-order valence-corrected chi connectivity index (χ0v) is 22.1. The molecule has 1 aliphatic carbocycles. The highest BCUT2D eigenvalue weighted by Crippen LogP contribution is 2.56. The van der Waals surface area contributed by atoms with E-state index in [1.807, 2.05) is 31.1 Å². The van der Waals surface area contributed by atoms with Gasteiger partial charge in [0.15, 0.2) is 23.0 Å². The molecular weight excluding hydrogens is 496 g/mol. The predicted molar refractivity (Wildman–Crippen MR) is 134 cm³/mol. The van der Waals surface area contributed by atoms with Crippen molar-refractivity contribution in [2.75, 3.05) is 61.9 Å². The molecule has 2 aliphatic heterocycles. The van der Waals surface area contributed by atoms with Crippen LogP contribution in [-0.2, 0) is 14.3 Å². The first kappa shape index (κ1) is 25.8. The lowest BCUT2D eigenvalue weighted by Crippen LogP contribution is -2.40. The number of rotatable bonds is 7. The molecule has 11 nitrogen and oxygen atoms in total. The lowest BCUT2D eigenvalue weighted by molar-refractivity contribution is -0.141. The Kier molecular flexibility index (Phi) is 6.87. The van der Waals surface area contributed by atoms with Gasteiger partial charge in [0, 0.05) is 37.5 Å². The fourth-order valence-corrected chi connectivity index (χ4v) is 5.40. The number of ether oxygens (including phenoxy) is 6. The van der Waals surface area contributed by atoms with E-state index in [1.165, 1.54) is 19.1 Å². The monoisotopic (exact) mass is 528 g/mol. The van der Waals surface area contributed by atoms with Crippen LogP contribution in [0.1, 0.15) is 28.7 Å². The predicted octanol–water partition coefficient (Wildman–Crippen LogP) is 2.74. The second-order valence-electron chi connectivity index (χ2n) is 9.93. The Morgan fingerprint density at radius 3 is 2.21 bits per heavy atom. The summed E-state index contributed by atoms with van der Waals surface area (Å²) in [4.78, 5) is 29.8. The SMILES string of the molecule is COc1cc([C@@H]2c3cc4c(cc3[C@@H](OC(=O)N(C)CCN(C)C)[C@@H]3COC(=O)[C@@H]23)OCO4)cc(OC)c1O. The Labute approximate surface area is 220 Å². The van der Waals surface area contributed by atoms with Gasteiger partial charge in [-0.1, -0.05) is 0 Å². The van der Waals surface area contributed by atoms with Crippen LogP contribution in [-0.4, -0.2) is 88.8 Å². The molecule has 0 spiro atoms.